The van der Waals surface area contributed by atoms with Gasteiger partial charge in [0.05, 0.1) is 0 Å². The van der Waals surface area contributed by atoms with E-state index in [0.717, 1.165) is 5.82 Å². The van der Waals surface area contributed by atoms with Crippen molar-refractivity contribution in [3.05, 3.63) is 18.1 Å². The number of hydrogen-bond donors (Lipinski definition) is 1. The van der Waals surface area contributed by atoms with Gasteiger partial charge in [-0.2, -0.15) is 4.39 Å². The maximum atomic E-state index is 12.2. The van der Waals surface area contributed by atoms with Gasteiger partial charge in [-0.3, -0.25) is 0 Å². The SMILES string of the molecule is CN(C)c1ccc(F)[nH]1. The van der Waals surface area contributed by atoms with E-state index in [1.165, 1.54) is 6.07 Å². The molecule has 9 heavy (non-hydrogen) atoms. The van der Waals surface area contributed by atoms with E-state index in [4.69, 9.17) is 0 Å². The molecule has 1 aromatic rings. The lowest BCUT2D eigenvalue weighted by molar-refractivity contribution is 0.591. The van der Waals surface area contributed by atoms with E-state index in [1.54, 1.807) is 6.07 Å². The van der Waals surface area contributed by atoms with Crippen LogP contribution in [-0.4, -0.2) is 19.1 Å². The fraction of sp³-hybridized carbons (Fsp3) is 0.333. The van der Waals surface area contributed by atoms with Crippen LogP contribution in [0.3, 0.4) is 0 Å². The van der Waals surface area contributed by atoms with Gasteiger partial charge >= 0.3 is 0 Å². The van der Waals surface area contributed by atoms with Gasteiger partial charge in [0.1, 0.15) is 5.82 Å². The Kier molecular flexibility index (Phi) is 1.42. The lowest BCUT2D eigenvalue weighted by Crippen LogP contribution is -2.08. The standard InChI is InChI=1S/C6H9FN2/c1-9(2)6-4-3-5(7)8-6/h3-4,8H,1-2H3. The van der Waals surface area contributed by atoms with Crippen LogP contribution in [-0.2, 0) is 0 Å². The predicted octanol–water partition coefficient (Wildman–Crippen LogP) is 1.22. The minimum Gasteiger partial charge on any atom is -0.364 e. The summed E-state index contributed by atoms with van der Waals surface area (Å²) < 4.78 is 12.2. The fourth-order valence-corrected chi connectivity index (χ4v) is 0.619. The number of hydrogen-bond acceptors (Lipinski definition) is 1. The summed E-state index contributed by atoms with van der Waals surface area (Å²) in [7, 11) is 3.70. The average molecular weight is 128 g/mol. The third kappa shape index (κ3) is 1.22. The Morgan fingerprint density at radius 3 is 2.33 bits per heavy atom. The Labute approximate surface area is 53.3 Å². The zero-order valence-electron chi connectivity index (χ0n) is 5.48. The van der Waals surface area contributed by atoms with Crippen molar-refractivity contribution in [1.29, 1.82) is 0 Å². The molecule has 50 valence electrons. The number of aromatic amines is 1. The summed E-state index contributed by atoms with van der Waals surface area (Å²) in [5.74, 6) is 0.492. The second kappa shape index (κ2) is 2.09. The Balaban J connectivity index is 2.85. The molecule has 2 nitrogen and oxygen atoms in total. The monoisotopic (exact) mass is 128 g/mol. The lowest BCUT2D eigenvalue weighted by atomic mass is 10.6. The average Bonchev–Trinajstić information content (AvgIpc) is 2.14. The van der Waals surface area contributed by atoms with Crippen LogP contribution in [0.15, 0.2) is 12.1 Å². The fourth-order valence-electron chi connectivity index (χ4n) is 0.619. The molecule has 3 heteroatoms. The molecule has 0 aliphatic heterocycles. The van der Waals surface area contributed by atoms with Gasteiger partial charge in [-0.15, -0.1) is 0 Å². The van der Waals surface area contributed by atoms with Crippen LogP contribution >= 0.6 is 0 Å². The molecule has 0 aromatic carbocycles. The van der Waals surface area contributed by atoms with E-state index < -0.39 is 0 Å². The summed E-state index contributed by atoms with van der Waals surface area (Å²) in [6.07, 6.45) is 0. The number of rotatable bonds is 1. The molecule has 0 spiro atoms. The highest BCUT2D eigenvalue weighted by molar-refractivity contribution is 5.36. The molecule has 1 N–H and O–H groups in total. The Hall–Kier alpha value is -0.990. The van der Waals surface area contributed by atoms with Crippen molar-refractivity contribution in [1.82, 2.24) is 4.98 Å². The van der Waals surface area contributed by atoms with Crippen molar-refractivity contribution in [3.8, 4) is 0 Å². The van der Waals surface area contributed by atoms with Crippen molar-refractivity contribution in [2.24, 2.45) is 0 Å². The maximum absolute atomic E-state index is 12.2. The zero-order chi connectivity index (χ0) is 6.85. The van der Waals surface area contributed by atoms with Crippen LogP contribution in [0.25, 0.3) is 0 Å². The van der Waals surface area contributed by atoms with Crippen LogP contribution in [0.4, 0.5) is 10.2 Å². The summed E-state index contributed by atoms with van der Waals surface area (Å²) in [6.45, 7) is 0. The number of anilines is 1. The number of H-pyrrole nitrogens is 1. The molecule has 0 fully saturated rings. The molecule has 0 saturated heterocycles. The largest absolute Gasteiger partial charge is 0.364 e. The van der Waals surface area contributed by atoms with Gasteiger partial charge in [-0.05, 0) is 12.1 Å². The first-order valence-electron chi connectivity index (χ1n) is 2.72. The molecule has 1 rings (SSSR count). The van der Waals surface area contributed by atoms with E-state index >= 15 is 0 Å². The number of aromatic nitrogens is 1. The summed E-state index contributed by atoms with van der Waals surface area (Å²) in [6, 6.07) is 3.09. The van der Waals surface area contributed by atoms with E-state index in [1.807, 2.05) is 19.0 Å². The van der Waals surface area contributed by atoms with Gasteiger partial charge in [0.25, 0.3) is 0 Å². The molecule has 1 heterocycles. The third-order valence-corrected chi connectivity index (χ3v) is 1.12. The van der Waals surface area contributed by atoms with Crippen LogP contribution in [0.2, 0.25) is 0 Å². The minimum absolute atomic E-state index is 0.293. The second-order valence-corrected chi connectivity index (χ2v) is 2.09. The highest BCUT2D eigenvalue weighted by Crippen LogP contribution is 2.07. The number of nitrogens with zero attached hydrogens (tertiary/aromatic N) is 1. The van der Waals surface area contributed by atoms with Crippen molar-refractivity contribution in [2.45, 2.75) is 0 Å². The highest BCUT2D eigenvalue weighted by Gasteiger charge is 1.96. The molecule has 0 aliphatic rings. The summed E-state index contributed by atoms with van der Waals surface area (Å²) in [4.78, 5) is 4.34. The van der Waals surface area contributed by atoms with Crippen LogP contribution in [0, 0.1) is 5.95 Å². The molecule has 0 bridgehead atoms. The zero-order valence-corrected chi connectivity index (χ0v) is 5.48. The summed E-state index contributed by atoms with van der Waals surface area (Å²) >= 11 is 0. The van der Waals surface area contributed by atoms with Crippen molar-refractivity contribution >= 4 is 5.82 Å². The molecule has 0 unspecified atom stereocenters. The molecule has 0 saturated carbocycles. The summed E-state index contributed by atoms with van der Waals surface area (Å²) in [5.41, 5.74) is 0. The quantitative estimate of drug-likeness (QED) is 0.602. The van der Waals surface area contributed by atoms with Crippen molar-refractivity contribution in [2.75, 3.05) is 19.0 Å². The lowest BCUT2D eigenvalue weighted by Gasteiger charge is -2.07. The first-order valence-corrected chi connectivity index (χ1v) is 2.72. The smallest absolute Gasteiger partial charge is 0.192 e. The van der Waals surface area contributed by atoms with Crippen molar-refractivity contribution < 1.29 is 4.39 Å². The van der Waals surface area contributed by atoms with Gasteiger partial charge in [-0.1, -0.05) is 0 Å². The molecular weight excluding hydrogens is 119 g/mol. The van der Waals surface area contributed by atoms with E-state index in [0.29, 0.717) is 0 Å². The first kappa shape index (κ1) is 6.13. The predicted molar refractivity (Wildman–Crippen MR) is 35.1 cm³/mol. The normalized spacial score (nSPS) is 9.67. The number of halogens is 1. The molecule has 0 atom stereocenters. The number of nitrogens with one attached hydrogen (secondary N) is 1. The Morgan fingerprint density at radius 2 is 2.11 bits per heavy atom. The van der Waals surface area contributed by atoms with Gasteiger partial charge in [-0.25, -0.2) is 0 Å². The van der Waals surface area contributed by atoms with E-state index in [2.05, 4.69) is 4.98 Å². The van der Waals surface area contributed by atoms with Gasteiger partial charge < -0.3 is 9.88 Å². The van der Waals surface area contributed by atoms with Gasteiger partial charge in [0, 0.05) is 14.1 Å². The molecule has 0 aliphatic carbocycles. The minimum atomic E-state index is -0.293. The molecule has 0 radical (unpaired) electrons. The van der Waals surface area contributed by atoms with Crippen LogP contribution in [0.1, 0.15) is 0 Å². The first-order chi connectivity index (χ1) is 4.20. The third-order valence-electron chi connectivity index (χ3n) is 1.12. The van der Waals surface area contributed by atoms with E-state index in [9.17, 15) is 4.39 Å². The van der Waals surface area contributed by atoms with Crippen molar-refractivity contribution in [3.63, 3.8) is 0 Å². The van der Waals surface area contributed by atoms with E-state index in [-0.39, 0.29) is 5.95 Å². The molecule has 0 amide bonds. The molecule has 1 aromatic heterocycles. The Bertz CT molecular complexity index is 193. The highest BCUT2D eigenvalue weighted by atomic mass is 19.1. The summed E-state index contributed by atoms with van der Waals surface area (Å²) in [5, 5.41) is 0. The topological polar surface area (TPSA) is 19.0 Å². The van der Waals surface area contributed by atoms with Crippen LogP contribution < -0.4 is 4.90 Å². The van der Waals surface area contributed by atoms with Gasteiger partial charge in [0.2, 0.25) is 0 Å². The molecular formula is C6H9FN2. The Morgan fingerprint density at radius 1 is 1.44 bits per heavy atom. The van der Waals surface area contributed by atoms with Crippen LogP contribution in [0.5, 0.6) is 0 Å². The van der Waals surface area contributed by atoms with Gasteiger partial charge in [0.15, 0.2) is 5.95 Å². The second-order valence-electron chi connectivity index (χ2n) is 2.09. The maximum Gasteiger partial charge on any atom is 0.192 e.